The van der Waals surface area contributed by atoms with E-state index in [0.717, 1.165) is 0 Å². The van der Waals surface area contributed by atoms with Crippen LogP contribution in [0.2, 0.25) is 0 Å². The highest BCUT2D eigenvalue weighted by molar-refractivity contribution is 5.79. The Kier molecular flexibility index (Phi) is 3.32. The lowest BCUT2D eigenvalue weighted by Gasteiger charge is -2.23. The highest BCUT2D eigenvalue weighted by atomic mass is 16.3. The lowest BCUT2D eigenvalue weighted by Crippen LogP contribution is -2.34. The third kappa shape index (κ3) is 2.22. The molecule has 0 bridgehead atoms. The Morgan fingerprint density at radius 1 is 1.85 bits per heavy atom. The molecule has 3 heteroatoms. The zero-order valence-corrected chi connectivity index (χ0v) is 7.86. The molecule has 1 rings (SSSR count). The number of aliphatic hydroxyl groups is 1. The van der Waals surface area contributed by atoms with Gasteiger partial charge < -0.3 is 10.0 Å². The van der Waals surface area contributed by atoms with Gasteiger partial charge in [0.1, 0.15) is 0 Å². The molecule has 72 valence electrons. The Morgan fingerprint density at radius 2 is 2.54 bits per heavy atom. The summed E-state index contributed by atoms with van der Waals surface area (Å²) < 4.78 is 0. The molecule has 2 atom stereocenters. The predicted octanol–water partition coefficient (Wildman–Crippen LogP) is 0.239. The van der Waals surface area contributed by atoms with Gasteiger partial charge in [-0.15, -0.1) is 12.3 Å². The van der Waals surface area contributed by atoms with Crippen molar-refractivity contribution in [1.82, 2.24) is 4.90 Å². The summed E-state index contributed by atoms with van der Waals surface area (Å²) in [5.74, 6) is 2.77. The van der Waals surface area contributed by atoms with E-state index in [1.165, 1.54) is 0 Å². The minimum absolute atomic E-state index is 0.0636. The van der Waals surface area contributed by atoms with E-state index in [-0.39, 0.29) is 24.5 Å². The first-order chi connectivity index (χ1) is 6.19. The van der Waals surface area contributed by atoms with Crippen molar-refractivity contribution in [3.63, 3.8) is 0 Å². The molecule has 1 heterocycles. The number of aliphatic hydroxyl groups excluding tert-OH is 1. The molecule has 13 heavy (non-hydrogen) atoms. The second-order valence-electron chi connectivity index (χ2n) is 3.48. The van der Waals surface area contributed by atoms with Crippen LogP contribution in [0, 0.1) is 18.3 Å². The van der Waals surface area contributed by atoms with Crippen LogP contribution in [0.1, 0.15) is 19.8 Å². The average molecular weight is 181 g/mol. The molecule has 0 radical (unpaired) electrons. The molecule has 2 unspecified atom stereocenters. The van der Waals surface area contributed by atoms with Crippen LogP contribution in [0.15, 0.2) is 0 Å². The van der Waals surface area contributed by atoms with Gasteiger partial charge in [-0.1, -0.05) is 0 Å². The maximum Gasteiger partial charge on any atom is 0.224 e. The average Bonchev–Trinajstić information content (AvgIpc) is 2.47. The van der Waals surface area contributed by atoms with Gasteiger partial charge in [-0.25, -0.2) is 0 Å². The Morgan fingerprint density at radius 3 is 3.00 bits per heavy atom. The third-order valence-corrected chi connectivity index (χ3v) is 2.47. The van der Waals surface area contributed by atoms with Gasteiger partial charge in [0, 0.05) is 31.5 Å². The van der Waals surface area contributed by atoms with Gasteiger partial charge in [0.2, 0.25) is 5.91 Å². The number of hydrogen-bond acceptors (Lipinski definition) is 2. The van der Waals surface area contributed by atoms with Gasteiger partial charge in [0.15, 0.2) is 0 Å². The summed E-state index contributed by atoms with van der Waals surface area (Å²) in [6, 6.07) is 0.107. The van der Waals surface area contributed by atoms with Crippen molar-refractivity contribution in [2.24, 2.45) is 5.92 Å². The zero-order valence-electron chi connectivity index (χ0n) is 7.86. The summed E-state index contributed by atoms with van der Waals surface area (Å²) in [5, 5.41) is 8.73. The third-order valence-electron chi connectivity index (χ3n) is 2.47. The van der Waals surface area contributed by atoms with Gasteiger partial charge in [0.25, 0.3) is 0 Å². The number of rotatable bonds is 3. The zero-order chi connectivity index (χ0) is 9.84. The second-order valence-corrected chi connectivity index (χ2v) is 3.48. The molecule has 0 spiro atoms. The molecule has 1 aliphatic rings. The predicted molar refractivity (Wildman–Crippen MR) is 49.8 cm³/mol. The van der Waals surface area contributed by atoms with Crippen molar-refractivity contribution in [3.8, 4) is 12.3 Å². The van der Waals surface area contributed by atoms with Crippen LogP contribution in [0.5, 0.6) is 0 Å². The maximum atomic E-state index is 11.4. The number of nitrogens with zero attached hydrogens (tertiary/aromatic N) is 1. The minimum atomic E-state index is 0.0636. The fourth-order valence-corrected chi connectivity index (χ4v) is 1.61. The van der Waals surface area contributed by atoms with E-state index in [9.17, 15) is 4.79 Å². The molecule has 1 saturated heterocycles. The molecule has 0 aliphatic carbocycles. The molecule has 3 nitrogen and oxygen atoms in total. The van der Waals surface area contributed by atoms with Crippen molar-refractivity contribution >= 4 is 5.91 Å². The van der Waals surface area contributed by atoms with E-state index in [2.05, 4.69) is 5.92 Å². The highest BCUT2D eigenvalue weighted by Crippen LogP contribution is 2.20. The summed E-state index contributed by atoms with van der Waals surface area (Å²) in [4.78, 5) is 13.2. The summed E-state index contributed by atoms with van der Waals surface area (Å²) in [7, 11) is 0. The number of carbonyl (C=O) groups excluding carboxylic acids is 1. The lowest BCUT2D eigenvalue weighted by atomic mass is 10.1. The first kappa shape index (κ1) is 10.1. The van der Waals surface area contributed by atoms with Gasteiger partial charge in [-0.2, -0.15) is 0 Å². The van der Waals surface area contributed by atoms with Gasteiger partial charge >= 0.3 is 0 Å². The fraction of sp³-hybridized carbons (Fsp3) is 0.700. The quantitative estimate of drug-likeness (QED) is 0.633. The van der Waals surface area contributed by atoms with E-state index in [0.29, 0.717) is 19.4 Å². The molecule has 1 aliphatic heterocycles. The highest BCUT2D eigenvalue weighted by Gasteiger charge is 2.30. The van der Waals surface area contributed by atoms with E-state index in [1.807, 2.05) is 6.92 Å². The van der Waals surface area contributed by atoms with Gasteiger partial charge in [0.05, 0.1) is 0 Å². The summed E-state index contributed by atoms with van der Waals surface area (Å²) in [5.41, 5.74) is 0. The van der Waals surface area contributed by atoms with Gasteiger partial charge in [-0.05, 0) is 13.3 Å². The normalized spacial score (nSPS) is 24.5. The van der Waals surface area contributed by atoms with Crippen LogP contribution >= 0.6 is 0 Å². The Labute approximate surface area is 78.7 Å². The standard InChI is InChI=1S/C10H15NO2/c1-3-9-6-10(13)11(7-9)8(2)4-5-12/h1,8-9,12H,4-7H2,2H3. The van der Waals surface area contributed by atoms with E-state index in [4.69, 9.17) is 11.5 Å². The van der Waals surface area contributed by atoms with E-state index >= 15 is 0 Å². The largest absolute Gasteiger partial charge is 0.396 e. The van der Waals surface area contributed by atoms with Crippen molar-refractivity contribution in [2.75, 3.05) is 13.2 Å². The topological polar surface area (TPSA) is 40.5 Å². The van der Waals surface area contributed by atoms with Crippen LogP contribution in [0.25, 0.3) is 0 Å². The summed E-state index contributed by atoms with van der Waals surface area (Å²) in [6.45, 7) is 2.70. The lowest BCUT2D eigenvalue weighted by molar-refractivity contribution is -0.129. The Hall–Kier alpha value is -1.01. The van der Waals surface area contributed by atoms with Crippen molar-refractivity contribution in [3.05, 3.63) is 0 Å². The smallest absolute Gasteiger partial charge is 0.224 e. The molecule has 1 amide bonds. The number of amides is 1. The molecule has 1 fully saturated rings. The summed E-state index contributed by atoms with van der Waals surface area (Å²) in [6.07, 6.45) is 6.35. The molecule has 0 aromatic carbocycles. The van der Waals surface area contributed by atoms with Gasteiger partial charge in [-0.3, -0.25) is 4.79 Å². The molecular formula is C10H15NO2. The molecule has 0 aromatic heterocycles. The summed E-state index contributed by atoms with van der Waals surface area (Å²) >= 11 is 0. The molecular weight excluding hydrogens is 166 g/mol. The fourth-order valence-electron chi connectivity index (χ4n) is 1.61. The molecule has 0 aromatic rings. The van der Waals surface area contributed by atoms with Crippen LogP contribution in [-0.2, 0) is 4.79 Å². The second kappa shape index (κ2) is 4.29. The minimum Gasteiger partial charge on any atom is -0.396 e. The van der Waals surface area contributed by atoms with Crippen LogP contribution in [-0.4, -0.2) is 35.1 Å². The van der Waals surface area contributed by atoms with Crippen LogP contribution in [0.4, 0.5) is 0 Å². The van der Waals surface area contributed by atoms with Crippen molar-refractivity contribution in [1.29, 1.82) is 0 Å². The maximum absolute atomic E-state index is 11.4. The Balaban J connectivity index is 2.52. The van der Waals surface area contributed by atoms with Crippen molar-refractivity contribution in [2.45, 2.75) is 25.8 Å². The molecule has 0 saturated carbocycles. The first-order valence-electron chi connectivity index (χ1n) is 4.55. The monoisotopic (exact) mass is 181 g/mol. The number of hydrogen-bond donors (Lipinski definition) is 1. The van der Waals surface area contributed by atoms with Crippen LogP contribution in [0.3, 0.4) is 0 Å². The van der Waals surface area contributed by atoms with Crippen LogP contribution < -0.4 is 0 Å². The number of carbonyl (C=O) groups is 1. The Bertz CT molecular complexity index is 232. The van der Waals surface area contributed by atoms with E-state index < -0.39 is 0 Å². The van der Waals surface area contributed by atoms with E-state index in [1.54, 1.807) is 4.90 Å². The number of terminal acetylenes is 1. The number of likely N-dealkylation sites (tertiary alicyclic amines) is 1. The first-order valence-corrected chi connectivity index (χ1v) is 4.55. The molecule has 1 N–H and O–H groups in total. The van der Waals surface area contributed by atoms with Crippen molar-refractivity contribution < 1.29 is 9.90 Å². The SMILES string of the molecule is C#CC1CC(=O)N(C(C)CCO)C1.